The summed E-state index contributed by atoms with van der Waals surface area (Å²) < 4.78 is 7.71. The SMILES string of the molecule is C.Cc1cnc2c(c1)nc(NC(=O)CCC1CCCO1)n2C1CCC1. The Bertz CT molecular complexity index is 745. The van der Waals surface area contributed by atoms with Crippen LogP contribution in [0.15, 0.2) is 12.3 Å². The van der Waals surface area contributed by atoms with Crippen molar-refractivity contribution in [2.45, 2.75) is 71.4 Å². The van der Waals surface area contributed by atoms with Crippen molar-refractivity contribution in [1.29, 1.82) is 0 Å². The fourth-order valence-electron chi connectivity index (χ4n) is 3.51. The molecule has 2 aromatic rings. The molecule has 136 valence electrons. The molecule has 1 unspecified atom stereocenters. The van der Waals surface area contributed by atoms with Crippen LogP contribution in [0.4, 0.5) is 5.95 Å². The minimum absolute atomic E-state index is 0. The fourth-order valence-corrected chi connectivity index (χ4v) is 3.51. The number of aromatic nitrogens is 3. The minimum atomic E-state index is 0. The summed E-state index contributed by atoms with van der Waals surface area (Å²) in [6, 6.07) is 2.43. The molecule has 0 radical (unpaired) electrons. The highest BCUT2D eigenvalue weighted by Crippen LogP contribution is 2.36. The van der Waals surface area contributed by atoms with Gasteiger partial charge in [0.2, 0.25) is 11.9 Å². The predicted octanol–water partition coefficient (Wildman–Crippen LogP) is 4.00. The van der Waals surface area contributed by atoms with E-state index >= 15 is 0 Å². The normalized spacial score (nSPS) is 20.3. The molecule has 2 aromatic heterocycles. The molecule has 4 rings (SSSR count). The van der Waals surface area contributed by atoms with Crippen molar-refractivity contribution in [3.8, 4) is 0 Å². The van der Waals surface area contributed by atoms with Crippen molar-refractivity contribution >= 4 is 23.0 Å². The van der Waals surface area contributed by atoms with Gasteiger partial charge in [-0.05, 0) is 57.1 Å². The summed E-state index contributed by atoms with van der Waals surface area (Å²) in [6.07, 6.45) is 9.01. The zero-order valence-electron chi connectivity index (χ0n) is 14.1. The Morgan fingerprint density at radius 3 is 2.88 bits per heavy atom. The number of pyridine rings is 1. The Balaban J connectivity index is 0.00000182. The molecule has 1 saturated heterocycles. The van der Waals surface area contributed by atoms with Crippen LogP contribution in [-0.4, -0.2) is 33.2 Å². The first-order valence-electron chi connectivity index (χ1n) is 8.97. The van der Waals surface area contributed by atoms with Crippen LogP contribution >= 0.6 is 0 Å². The molecule has 3 heterocycles. The third-order valence-electron chi connectivity index (χ3n) is 5.08. The number of amides is 1. The van der Waals surface area contributed by atoms with Crippen LogP contribution in [0.5, 0.6) is 0 Å². The molecule has 1 aliphatic heterocycles. The first-order chi connectivity index (χ1) is 11.7. The molecular formula is C19H28N4O2. The second-order valence-corrected chi connectivity index (χ2v) is 6.97. The van der Waals surface area contributed by atoms with Gasteiger partial charge in [-0.25, -0.2) is 9.97 Å². The van der Waals surface area contributed by atoms with E-state index in [9.17, 15) is 4.79 Å². The molecule has 1 saturated carbocycles. The summed E-state index contributed by atoms with van der Waals surface area (Å²) >= 11 is 0. The molecule has 2 aliphatic rings. The highest BCUT2D eigenvalue weighted by molar-refractivity contribution is 5.91. The van der Waals surface area contributed by atoms with E-state index in [-0.39, 0.29) is 19.4 Å². The van der Waals surface area contributed by atoms with Gasteiger partial charge in [0.05, 0.1) is 6.10 Å². The summed E-state index contributed by atoms with van der Waals surface area (Å²) in [6.45, 7) is 2.84. The Hall–Kier alpha value is -1.95. The van der Waals surface area contributed by atoms with Crippen LogP contribution in [0.3, 0.4) is 0 Å². The molecule has 0 aromatic carbocycles. The van der Waals surface area contributed by atoms with Gasteiger partial charge in [-0.3, -0.25) is 14.7 Å². The molecule has 1 aliphatic carbocycles. The second-order valence-electron chi connectivity index (χ2n) is 6.97. The molecule has 2 fully saturated rings. The van der Waals surface area contributed by atoms with Crippen LogP contribution in [0.2, 0.25) is 0 Å². The van der Waals surface area contributed by atoms with Crippen LogP contribution in [0.25, 0.3) is 11.2 Å². The van der Waals surface area contributed by atoms with Crippen molar-refractivity contribution in [1.82, 2.24) is 14.5 Å². The number of carbonyl (C=O) groups is 1. The van der Waals surface area contributed by atoms with Crippen molar-refractivity contribution < 1.29 is 9.53 Å². The Morgan fingerprint density at radius 2 is 2.20 bits per heavy atom. The second kappa shape index (κ2) is 7.52. The maximum atomic E-state index is 12.4. The summed E-state index contributed by atoms with van der Waals surface area (Å²) in [5.74, 6) is 0.656. The first kappa shape index (κ1) is 17.9. The third kappa shape index (κ3) is 3.68. The quantitative estimate of drug-likeness (QED) is 0.890. The molecule has 0 spiro atoms. The number of anilines is 1. The monoisotopic (exact) mass is 344 g/mol. The first-order valence-corrected chi connectivity index (χ1v) is 8.97. The van der Waals surface area contributed by atoms with Gasteiger partial charge in [-0.2, -0.15) is 0 Å². The average Bonchev–Trinajstić information content (AvgIpc) is 3.12. The van der Waals surface area contributed by atoms with Crippen molar-refractivity contribution in [3.63, 3.8) is 0 Å². The van der Waals surface area contributed by atoms with E-state index in [0.717, 1.165) is 55.4 Å². The summed E-state index contributed by atoms with van der Waals surface area (Å²) in [5, 5.41) is 3.01. The molecule has 6 nitrogen and oxygen atoms in total. The Labute approximate surface area is 149 Å². The minimum Gasteiger partial charge on any atom is -0.378 e. The number of carbonyl (C=O) groups excluding carboxylic acids is 1. The van der Waals surface area contributed by atoms with Crippen molar-refractivity contribution in [3.05, 3.63) is 17.8 Å². The average molecular weight is 344 g/mol. The number of rotatable bonds is 5. The lowest BCUT2D eigenvalue weighted by molar-refractivity contribution is -0.116. The fraction of sp³-hybridized carbons (Fsp3) is 0.632. The number of fused-ring (bicyclic) bond motifs is 1. The molecule has 1 atom stereocenters. The number of nitrogens with zero attached hydrogens (tertiary/aromatic N) is 3. The van der Waals surface area contributed by atoms with E-state index in [1.165, 1.54) is 6.42 Å². The number of hydrogen-bond donors (Lipinski definition) is 1. The van der Waals surface area contributed by atoms with Crippen molar-refractivity contribution in [2.75, 3.05) is 11.9 Å². The maximum absolute atomic E-state index is 12.4. The maximum Gasteiger partial charge on any atom is 0.226 e. The molecule has 1 amide bonds. The van der Waals surface area contributed by atoms with Crippen molar-refractivity contribution in [2.24, 2.45) is 0 Å². The van der Waals surface area contributed by atoms with E-state index in [1.807, 2.05) is 19.2 Å². The lowest BCUT2D eigenvalue weighted by Crippen LogP contribution is -2.23. The Kier molecular flexibility index (Phi) is 5.37. The van der Waals surface area contributed by atoms with E-state index in [0.29, 0.717) is 18.4 Å². The lowest BCUT2D eigenvalue weighted by Gasteiger charge is -2.28. The lowest BCUT2D eigenvalue weighted by atomic mass is 9.93. The van der Waals surface area contributed by atoms with Gasteiger partial charge in [0, 0.05) is 25.3 Å². The number of nitrogens with one attached hydrogen (secondary N) is 1. The van der Waals surface area contributed by atoms with Crippen LogP contribution < -0.4 is 5.32 Å². The molecule has 25 heavy (non-hydrogen) atoms. The van der Waals surface area contributed by atoms with E-state index in [1.54, 1.807) is 0 Å². The standard InChI is InChI=1S/C18H24N4O2.CH4/c1-12-10-15-17(19-11-12)22(13-4-2-5-13)18(20-15)21-16(23)8-7-14-6-3-9-24-14;/h10-11,13-14H,2-9H2,1H3,(H,20,21,23);1H4. The van der Waals surface area contributed by atoms with Crippen LogP contribution in [0, 0.1) is 6.92 Å². The summed E-state index contributed by atoms with van der Waals surface area (Å²) in [4.78, 5) is 21.5. The predicted molar refractivity (Wildman–Crippen MR) is 98.7 cm³/mol. The summed E-state index contributed by atoms with van der Waals surface area (Å²) in [7, 11) is 0. The van der Waals surface area contributed by atoms with Crippen LogP contribution in [-0.2, 0) is 9.53 Å². The molecular weight excluding hydrogens is 316 g/mol. The van der Waals surface area contributed by atoms with Gasteiger partial charge in [-0.1, -0.05) is 7.43 Å². The van der Waals surface area contributed by atoms with Gasteiger partial charge in [0.15, 0.2) is 5.65 Å². The van der Waals surface area contributed by atoms with Gasteiger partial charge < -0.3 is 4.74 Å². The van der Waals surface area contributed by atoms with Gasteiger partial charge in [0.1, 0.15) is 5.52 Å². The van der Waals surface area contributed by atoms with Crippen LogP contribution in [0.1, 0.15) is 64.0 Å². The van der Waals surface area contributed by atoms with Gasteiger partial charge in [-0.15, -0.1) is 0 Å². The summed E-state index contributed by atoms with van der Waals surface area (Å²) in [5.41, 5.74) is 2.81. The van der Waals surface area contributed by atoms with E-state index < -0.39 is 0 Å². The number of hydrogen-bond acceptors (Lipinski definition) is 4. The largest absolute Gasteiger partial charge is 0.378 e. The number of imidazole rings is 1. The highest BCUT2D eigenvalue weighted by Gasteiger charge is 2.26. The number of aryl methyl sites for hydroxylation is 1. The Morgan fingerprint density at radius 1 is 1.36 bits per heavy atom. The smallest absolute Gasteiger partial charge is 0.226 e. The van der Waals surface area contributed by atoms with Gasteiger partial charge >= 0.3 is 0 Å². The molecule has 1 N–H and O–H groups in total. The zero-order chi connectivity index (χ0) is 16.5. The topological polar surface area (TPSA) is 69.0 Å². The molecule has 6 heteroatoms. The highest BCUT2D eigenvalue weighted by atomic mass is 16.5. The van der Waals surface area contributed by atoms with Gasteiger partial charge in [0.25, 0.3) is 0 Å². The zero-order valence-corrected chi connectivity index (χ0v) is 14.1. The van der Waals surface area contributed by atoms with E-state index in [4.69, 9.17) is 4.74 Å². The number of ether oxygens (including phenoxy) is 1. The molecule has 0 bridgehead atoms. The third-order valence-corrected chi connectivity index (χ3v) is 5.08. The van der Waals surface area contributed by atoms with E-state index in [2.05, 4.69) is 19.9 Å².